The molecular weight excluding hydrogens is 243 g/mol. The first-order valence-electron chi connectivity index (χ1n) is 6.19. The third-order valence-corrected chi connectivity index (χ3v) is 3.68. The van der Waals surface area contributed by atoms with Crippen molar-refractivity contribution in [3.8, 4) is 5.75 Å². The Labute approximate surface area is 103 Å². The molecule has 0 aromatic heterocycles. The Kier molecular flexibility index (Phi) is 2.93. The molecule has 3 rings (SSSR count). The Balaban J connectivity index is 1.77. The molecule has 2 aliphatic rings. The van der Waals surface area contributed by atoms with Gasteiger partial charge in [0.25, 0.3) is 0 Å². The summed E-state index contributed by atoms with van der Waals surface area (Å²) in [5.74, 6) is -3.33. The first kappa shape index (κ1) is 11.8. The van der Waals surface area contributed by atoms with Crippen molar-refractivity contribution in [3.05, 3.63) is 29.6 Å². The molecule has 98 valence electrons. The molecule has 18 heavy (non-hydrogen) atoms. The van der Waals surface area contributed by atoms with Gasteiger partial charge >= 0.3 is 0 Å². The fourth-order valence-electron chi connectivity index (χ4n) is 2.91. The van der Waals surface area contributed by atoms with Crippen LogP contribution in [0, 0.1) is 17.5 Å². The van der Waals surface area contributed by atoms with Gasteiger partial charge in [0.1, 0.15) is 11.9 Å². The largest absolute Gasteiger partial charge is 0.484 e. The summed E-state index contributed by atoms with van der Waals surface area (Å²) in [6.07, 6.45) is 3.45. The van der Waals surface area contributed by atoms with Crippen LogP contribution in [0.4, 0.5) is 13.2 Å². The van der Waals surface area contributed by atoms with Crippen molar-refractivity contribution in [2.24, 2.45) is 0 Å². The zero-order chi connectivity index (χ0) is 12.7. The molecule has 2 heterocycles. The Morgan fingerprint density at radius 3 is 2.11 bits per heavy atom. The van der Waals surface area contributed by atoms with Gasteiger partial charge in [-0.3, -0.25) is 0 Å². The maximum Gasteiger partial charge on any atom is 0.191 e. The second kappa shape index (κ2) is 4.46. The summed E-state index contributed by atoms with van der Waals surface area (Å²) < 4.78 is 45.1. The van der Waals surface area contributed by atoms with Crippen LogP contribution in [0.3, 0.4) is 0 Å². The summed E-state index contributed by atoms with van der Waals surface area (Å²) in [7, 11) is 0. The van der Waals surface area contributed by atoms with E-state index in [-0.39, 0.29) is 6.10 Å². The molecule has 2 unspecified atom stereocenters. The van der Waals surface area contributed by atoms with Crippen molar-refractivity contribution in [2.75, 3.05) is 0 Å². The van der Waals surface area contributed by atoms with E-state index in [9.17, 15) is 13.2 Å². The topological polar surface area (TPSA) is 21.3 Å². The van der Waals surface area contributed by atoms with Gasteiger partial charge < -0.3 is 10.1 Å². The van der Waals surface area contributed by atoms with Crippen LogP contribution in [-0.2, 0) is 0 Å². The highest BCUT2D eigenvalue weighted by Gasteiger charge is 2.35. The number of ether oxygens (including phenoxy) is 1. The van der Waals surface area contributed by atoms with Crippen LogP contribution in [0.1, 0.15) is 25.7 Å². The molecule has 5 heteroatoms. The lowest BCUT2D eigenvalue weighted by atomic mass is 10.0. The van der Waals surface area contributed by atoms with Crippen LogP contribution >= 0.6 is 0 Å². The van der Waals surface area contributed by atoms with Gasteiger partial charge in [0, 0.05) is 24.2 Å². The summed E-state index contributed by atoms with van der Waals surface area (Å²) in [6, 6.07) is 2.04. The molecule has 0 aliphatic carbocycles. The number of nitrogens with one attached hydrogen (secondary N) is 1. The van der Waals surface area contributed by atoms with Crippen molar-refractivity contribution < 1.29 is 17.9 Å². The lowest BCUT2D eigenvalue weighted by Crippen LogP contribution is -2.42. The van der Waals surface area contributed by atoms with Gasteiger partial charge in [0.2, 0.25) is 0 Å². The average Bonchev–Trinajstić information content (AvgIpc) is 2.63. The fourth-order valence-corrected chi connectivity index (χ4v) is 2.91. The van der Waals surface area contributed by atoms with Crippen LogP contribution in [0.15, 0.2) is 12.1 Å². The Hall–Kier alpha value is -1.23. The van der Waals surface area contributed by atoms with Crippen molar-refractivity contribution in [3.63, 3.8) is 0 Å². The summed E-state index contributed by atoms with van der Waals surface area (Å²) in [5.41, 5.74) is 0. The molecule has 0 radical (unpaired) electrons. The van der Waals surface area contributed by atoms with Crippen LogP contribution in [0.25, 0.3) is 0 Å². The van der Waals surface area contributed by atoms with E-state index in [4.69, 9.17) is 4.74 Å². The Morgan fingerprint density at radius 2 is 1.56 bits per heavy atom. The molecule has 0 saturated carbocycles. The number of fused-ring (bicyclic) bond motifs is 2. The van der Waals surface area contributed by atoms with E-state index in [1.54, 1.807) is 0 Å². The molecule has 0 amide bonds. The zero-order valence-electron chi connectivity index (χ0n) is 9.76. The van der Waals surface area contributed by atoms with Gasteiger partial charge in [-0.25, -0.2) is 13.2 Å². The zero-order valence-corrected chi connectivity index (χ0v) is 9.76. The number of piperidine rings is 1. The summed E-state index contributed by atoms with van der Waals surface area (Å²) in [5, 5.41) is 3.42. The molecule has 2 atom stereocenters. The number of rotatable bonds is 2. The van der Waals surface area contributed by atoms with Gasteiger partial charge in [0.05, 0.1) is 0 Å². The van der Waals surface area contributed by atoms with E-state index in [0.717, 1.165) is 25.7 Å². The van der Waals surface area contributed by atoms with Gasteiger partial charge in [-0.15, -0.1) is 0 Å². The lowest BCUT2D eigenvalue weighted by Gasteiger charge is -2.29. The highest BCUT2D eigenvalue weighted by molar-refractivity contribution is 5.27. The standard InChI is InChI=1S/C13H14F3NO/c14-7-3-11(15)13(12(16)4-7)18-10-5-8-1-2-9(6-10)17-8/h3-4,8-10,17H,1-2,5-6H2. The number of halogens is 3. The summed E-state index contributed by atoms with van der Waals surface area (Å²) in [6.45, 7) is 0. The number of hydrogen-bond donors (Lipinski definition) is 1. The van der Waals surface area contributed by atoms with E-state index in [1.165, 1.54) is 0 Å². The molecule has 2 fully saturated rings. The monoisotopic (exact) mass is 257 g/mol. The van der Waals surface area contributed by atoms with Gasteiger partial charge in [-0.2, -0.15) is 0 Å². The number of hydrogen-bond acceptors (Lipinski definition) is 2. The second-order valence-corrected chi connectivity index (χ2v) is 5.05. The third-order valence-electron chi connectivity index (χ3n) is 3.68. The predicted octanol–water partition coefficient (Wildman–Crippen LogP) is 2.77. The highest BCUT2D eigenvalue weighted by atomic mass is 19.1. The van der Waals surface area contributed by atoms with Gasteiger partial charge in [-0.05, 0) is 25.7 Å². The maximum absolute atomic E-state index is 13.5. The maximum atomic E-state index is 13.5. The quantitative estimate of drug-likeness (QED) is 0.879. The molecule has 1 aromatic carbocycles. The normalized spacial score (nSPS) is 30.5. The van der Waals surface area contributed by atoms with Gasteiger partial charge in [0.15, 0.2) is 17.4 Å². The predicted molar refractivity (Wildman–Crippen MR) is 59.9 cm³/mol. The van der Waals surface area contributed by atoms with Crippen LogP contribution in [0.5, 0.6) is 5.75 Å². The van der Waals surface area contributed by atoms with Crippen molar-refractivity contribution in [1.82, 2.24) is 5.32 Å². The van der Waals surface area contributed by atoms with E-state index >= 15 is 0 Å². The molecule has 1 N–H and O–H groups in total. The molecular formula is C13H14F3NO. The molecule has 2 nitrogen and oxygen atoms in total. The SMILES string of the molecule is Fc1cc(F)c(OC2CC3CCC(C2)N3)c(F)c1. The summed E-state index contributed by atoms with van der Waals surface area (Å²) in [4.78, 5) is 0. The summed E-state index contributed by atoms with van der Waals surface area (Å²) >= 11 is 0. The first-order valence-corrected chi connectivity index (χ1v) is 6.19. The smallest absolute Gasteiger partial charge is 0.191 e. The van der Waals surface area contributed by atoms with E-state index in [1.807, 2.05) is 0 Å². The van der Waals surface area contributed by atoms with Gasteiger partial charge in [-0.1, -0.05) is 0 Å². The van der Waals surface area contributed by atoms with Crippen molar-refractivity contribution >= 4 is 0 Å². The Bertz CT molecular complexity index is 431. The van der Waals surface area contributed by atoms with Crippen molar-refractivity contribution in [2.45, 2.75) is 43.9 Å². The minimum atomic E-state index is -0.974. The van der Waals surface area contributed by atoms with Crippen molar-refractivity contribution in [1.29, 1.82) is 0 Å². The van der Waals surface area contributed by atoms with E-state index in [0.29, 0.717) is 24.2 Å². The number of benzene rings is 1. The second-order valence-electron chi connectivity index (χ2n) is 5.05. The molecule has 2 saturated heterocycles. The minimum absolute atomic E-state index is 0.196. The van der Waals surface area contributed by atoms with Crippen LogP contribution < -0.4 is 10.1 Å². The van der Waals surface area contributed by atoms with Crippen LogP contribution in [0.2, 0.25) is 0 Å². The van der Waals surface area contributed by atoms with E-state index in [2.05, 4.69) is 5.32 Å². The molecule has 2 aliphatic heterocycles. The average molecular weight is 257 g/mol. The molecule has 0 spiro atoms. The first-order chi connectivity index (χ1) is 8.61. The van der Waals surface area contributed by atoms with Crippen LogP contribution in [-0.4, -0.2) is 18.2 Å². The Morgan fingerprint density at radius 1 is 1.00 bits per heavy atom. The fraction of sp³-hybridized carbons (Fsp3) is 0.538. The lowest BCUT2D eigenvalue weighted by molar-refractivity contribution is 0.126. The highest BCUT2D eigenvalue weighted by Crippen LogP contribution is 2.31. The third kappa shape index (κ3) is 2.19. The molecule has 1 aromatic rings. The minimum Gasteiger partial charge on any atom is -0.484 e. The van der Waals surface area contributed by atoms with E-state index < -0.39 is 23.2 Å². The molecule has 2 bridgehead atoms.